The molecule has 0 fully saturated rings. The molecule has 0 aliphatic carbocycles. The molecule has 6 rings (SSSR count). The standard InChI is InChI=1S/C23H22N10/c1-14-26-20-16-8-3-5-10-18(16)28-22(32(20)30-14)24-12-7-13-25-23-29-19-11-6-4-9-17(19)21-27-15(2)31-33(21)23/h3-6,8-11H,7,12-13H2,1-2H3,(H,24,28)(H,25,29). The van der Waals surface area contributed by atoms with Gasteiger partial charge in [0, 0.05) is 23.9 Å². The number of hydrogen-bond acceptors (Lipinski definition) is 8. The van der Waals surface area contributed by atoms with Crippen LogP contribution >= 0.6 is 0 Å². The van der Waals surface area contributed by atoms with E-state index in [1.54, 1.807) is 9.03 Å². The zero-order valence-corrected chi connectivity index (χ0v) is 18.3. The summed E-state index contributed by atoms with van der Waals surface area (Å²) in [5, 5.41) is 17.8. The number of aromatic nitrogens is 8. The molecule has 0 aliphatic heterocycles. The first-order chi connectivity index (χ1) is 16.2. The van der Waals surface area contributed by atoms with Crippen LogP contribution in [0.2, 0.25) is 0 Å². The van der Waals surface area contributed by atoms with Crippen molar-refractivity contribution in [2.45, 2.75) is 20.3 Å². The molecule has 6 aromatic rings. The zero-order valence-electron chi connectivity index (χ0n) is 18.3. The first kappa shape index (κ1) is 19.4. The van der Waals surface area contributed by atoms with Gasteiger partial charge in [-0.3, -0.25) is 0 Å². The van der Waals surface area contributed by atoms with Crippen molar-refractivity contribution in [2.24, 2.45) is 0 Å². The number of rotatable bonds is 6. The maximum absolute atomic E-state index is 4.74. The molecule has 0 aliphatic rings. The third-order valence-electron chi connectivity index (χ3n) is 5.49. The Balaban J connectivity index is 1.19. The molecule has 0 radical (unpaired) electrons. The van der Waals surface area contributed by atoms with Crippen LogP contribution in [0, 0.1) is 13.8 Å². The SMILES string of the molecule is Cc1nc2c3ccccc3nc(NCCCNc3nc4ccccc4c4nc(C)nn34)n2n1. The maximum Gasteiger partial charge on any atom is 0.226 e. The van der Waals surface area contributed by atoms with Crippen LogP contribution in [0.4, 0.5) is 11.9 Å². The van der Waals surface area contributed by atoms with Gasteiger partial charge in [0.25, 0.3) is 0 Å². The van der Waals surface area contributed by atoms with Gasteiger partial charge >= 0.3 is 0 Å². The minimum Gasteiger partial charge on any atom is -0.354 e. The predicted molar refractivity (Wildman–Crippen MR) is 128 cm³/mol. The molecule has 4 heterocycles. The molecule has 0 amide bonds. The molecular weight excluding hydrogens is 416 g/mol. The van der Waals surface area contributed by atoms with E-state index >= 15 is 0 Å². The molecule has 0 saturated heterocycles. The van der Waals surface area contributed by atoms with Crippen LogP contribution in [0.1, 0.15) is 18.1 Å². The average Bonchev–Trinajstić information content (AvgIpc) is 3.41. The normalized spacial score (nSPS) is 11.7. The summed E-state index contributed by atoms with van der Waals surface area (Å²) in [6, 6.07) is 15.9. The summed E-state index contributed by atoms with van der Waals surface area (Å²) in [7, 11) is 0. The van der Waals surface area contributed by atoms with Gasteiger partial charge in [0.2, 0.25) is 11.9 Å². The van der Waals surface area contributed by atoms with Crippen LogP contribution in [-0.4, -0.2) is 52.3 Å². The van der Waals surface area contributed by atoms with E-state index < -0.39 is 0 Å². The lowest BCUT2D eigenvalue weighted by Gasteiger charge is -2.11. The Bertz CT molecular complexity index is 1510. The number of fused-ring (bicyclic) bond motifs is 6. The van der Waals surface area contributed by atoms with Gasteiger partial charge in [-0.2, -0.15) is 9.03 Å². The Kier molecular flexibility index (Phi) is 4.49. The van der Waals surface area contributed by atoms with E-state index in [9.17, 15) is 0 Å². The van der Waals surface area contributed by atoms with Crippen LogP contribution in [0.5, 0.6) is 0 Å². The molecule has 0 saturated carbocycles. The summed E-state index contributed by atoms with van der Waals surface area (Å²) in [4.78, 5) is 18.6. The first-order valence-electron chi connectivity index (χ1n) is 10.9. The molecular formula is C23H22N10. The summed E-state index contributed by atoms with van der Waals surface area (Å²) in [6.07, 6.45) is 0.841. The van der Waals surface area contributed by atoms with E-state index in [1.807, 2.05) is 62.4 Å². The summed E-state index contributed by atoms with van der Waals surface area (Å²) in [6.45, 7) is 5.19. The lowest BCUT2D eigenvalue weighted by molar-refractivity contribution is 0.840. The van der Waals surface area contributed by atoms with Gasteiger partial charge in [0.05, 0.1) is 11.0 Å². The van der Waals surface area contributed by atoms with Crippen LogP contribution in [0.15, 0.2) is 48.5 Å². The second kappa shape index (κ2) is 7.66. The minimum atomic E-state index is 0.683. The Hall–Kier alpha value is -4.34. The van der Waals surface area contributed by atoms with Crippen LogP contribution in [-0.2, 0) is 0 Å². The molecule has 4 aromatic heterocycles. The van der Waals surface area contributed by atoms with Crippen LogP contribution in [0.3, 0.4) is 0 Å². The highest BCUT2D eigenvalue weighted by molar-refractivity contribution is 5.93. The largest absolute Gasteiger partial charge is 0.354 e. The van der Waals surface area contributed by atoms with E-state index in [1.165, 1.54) is 0 Å². The predicted octanol–water partition coefficient (Wildman–Crippen LogP) is 3.40. The van der Waals surface area contributed by atoms with Gasteiger partial charge in [-0.1, -0.05) is 24.3 Å². The monoisotopic (exact) mass is 438 g/mol. The van der Waals surface area contributed by atoms with E-state index in [4.69, 9.17) is 9.97 Å². The molecule has 0 spiro atoms. The van der Waals surface area contributed by atoms with Crippen molar-refractivity contribution < 1.29 is 0 Å². The van der Waals surface area contributed by atoms with Crippen molar-refractivity contribution in [3.63, 3.8) is 0 Å². The third kappa shape index (κ3) is 3.36. The van der Waals surface area contributed by atoms with Gasteiger partial charge in [-0.05, 0) is 44.5 Å². The van der Waals surface area contributed by atoms with Crippen molar-refractivity contribution in [1.82, 2.24) is 39.2 Å². The number of aryl methyl sites for hydroxylation is 2. The Labute approximate surface area is 188 Å². The highest BCUT2D eigenvalue weighted by Gasteiger charge is 2.13. The fourth-order valence-corrected chi connectivity index (χ4v) is 4.04. The van der Waals surface area contributed by atoms with E-state index in [0.29, 0.717) is 36.6 Å². The van der Waals surface area contributed by atoms with Crippen molar-refractivity contribution in [2.75, 3.05) is 23.7 Å². The number of nitrogens with one attached hydrogen (secondary N) is 2. The Morgan fingerprint density at radius 1 is 0.636 bits per heavy atom. The van der Waals surface area contributed by atoms with Crippen molar-refractivity contribution >= 4 is 45.0 Å². The van der Waals surface area contributed by atoms with Crippen molar-refractivity contribution in [3.05, 3.63) is 60.2 Å². The van der Waals surface area contributed by atoms with Crippen LogP contribution in [0.25, 0.3) is 33.1 Å². The van der Waals surface area contributed by atoms with Crippen molar-refractivity contribution in [3.8, 4) is 0 Å². The van der Waals surface area contributed by atoms with Gasteiger partial charge in [-0.15, -0.1) is 10.2 Å². The molecule has 0 unspecified atom stereocenters. The summed E-state index contributed by atoms with van der Waals surface area (Å²) < 4.78 is 3.55. The molecule has 2 N–H and O–H groups in total. The molecule has 10 nitrogen and oxygen atoms in total. The highest BCUT2D eigenvalue weighted by atomic mass is 15.4. The number of nitrogens with zero attached hydrogens (tertiary/aromatic N) is 8. The smallest absolute Gasteiger partial charge is 0.226 e. The summed E-state index contributed by atoms with van der Waals surface area (Å²) in [5.74, 6) is 2.80. The number of hydrogen-bond donors (Lipinski definition) is 2. The quantitative estimate of drug-likeness (QED) is 0.381. The Morgan fingerprint density at radius 2 is 1.09 bits per heavy atom. The molecule has 33 heavy (non-hydrogen) atoms. The minimum absolute atomic E-state index is 0.683. The molecule has 164 valence electrons. The molecule has 10 heteroatoms. The molecule has 0 bridgehead atoms. The van der Waals surface area contributed by atoms with E-state index in [2.05, 4.69) is 30.8 Å². The fourth-order valence-electron chi connectivity index (χ4n) is 4.04. The van der Waals surface area contributed by atoms with E-state index in [0.717, 1.165) is 39.5 Å². The third-order valence-corrected chi connectivity index (χ3v) is 5.49. The first-order valence-corrected chi connectivity index (χ1v) is 10.9. The van der Waals surface area contributed by atoms with Gasteiger partial charge in [0.15, 0.2) is 11.3 Å². The fraction of sp³-hybridized carbons (Fsp3) is 0.217. The highest BCUT2D eigenvalue weighted by Crippen LogP contribution is 2.21. The van der Waals surface area contributed by atoms with E-state index in [-0.39, 0.29) is 0 Å². The number of para-hydroxylation sites is 2. The summed E-state index contributed by atoms with van der Waals surface area (Å²) >= 11 is 0. The van der Waals surface area contributed by atoms with Gasteiger partial charge in [0.1, 0.15) is 11.6 Å². The average molecular weight is 438 g/mol. The zero-order chi connectivity index (χ0) is 22.4. The number of benzene rings is 2. The topological polar surface area (TPSA) is 110 Å². The lowest BCUT2D eigenvalue weighted by Crippen LogP contribution is -2.15. The second-order valence-corrected chi connectivity index (χ2v) is 7.90. The van der Waals surface area contributed by atoms with Crippen molar-refractivity contribution in [1.29, 1.82) is 0 Å². The number of anilines is 2. The van der Waals surface area contributed by atoms with Gasteiger partial charge in [-0.25, -0.2) is 19.9 Å². The molecule has 0 atom stereocenters. The second-order valence-electron chi connectivity index (χ2n) is 7.90. The Morgan fingerprint density at radius 3 is 1.58 bits per heavy atom. The summed E-state index contributed by atoms with van der Waals surface area (Å²) in [5.41, 5.74) is 3.40. The van der Waals surface area contributed by atoms with Gasteiger partial charge < -0.3 is 10.6 Å². The molecule has 2 aromatic carbocycles. The maximum atomic E-state index is 4.74. The van der Waals surface area contributed by atoms with Crippen LogP contribution < -0.4 is 10.6 Å². The lowest BCUT2D eigenvalue weighted by atomic mass is 10.2.